The van der Waals surface area contributed by atoms with Gasteiger partial charge in [-0.1, -0.05) is 38.7 Å². The van der Waals surface area contributed by atoms with E-state index in [4.69, 9.17) is 0 Å². The number of aliphatic hydroxyl groups excluding tert-OH is 1. The van der Waals surface area contributed by atoms with Gasteiger partial charge in [0.25, 0.3) is 0 Å². The van der Waals surface area contributed by atoms with Crippen LogP contribution >= 0.6 is 0 Å². The second-order valence-corrected chi connectivity index (χ2v) is 6.69. The molecule has 5 nitrogen and oxygen atoms in total. The zero-order chi connectivity index (χ0) is 19.1. The van der Waals surface area contributed by atoms with Crippen LogP contribution in [0.4, 0.5) is 5.69 Å². The molecule has 0 aromatic heterocycles. The lowest BCUT2D eigenvalue weighted by atomic mass is 9.97. The van der Waals surface area contributed by atoms with Crippen molar-refractivity contribution in [3.05, 3.63) is 35.9 Å². The van der Waals surface area contributed by atoms with Crippen LogP contribution < -0.4 is 4.90 Å². The molecule has 0 spiro atoms. The molecule has 0 fully saturated rings. The van der Waals surface area contributed by atoms with Gasteiger partial charge in [-0.15, -0.1) is 0 Å². The molecule has 0 heterocycles. The van der Waals surface area contributed by atoms with E-state index in [2.05, 4.69) is 6.92 Å². The van der Waals surface area contributed by atoms with E-state index in [1.807, 2.05) is 11.9 Å². The summed E-state index contributed by atoms with van der Waals surface area (Å²) in [6.07, 6.45) is 5.90. The van der Waals surface area contributed by atoms with Gasteiger partial charge in [-0.25, -0.2) is 0 Å². The minimum Gasteiger partial charge on any atom is -0.508 e. The van der Waals surface area contributed by atoms with Crippen LogP contribution in [0.1, 0.15) is 44.6 Å². The van der Waals surface area contributed by atoms with Gasteiger partial charge < -0.3 is 25.3 Å². The molecule has 2 aromatic rings. The topological polar surface area (TPSA) is 84.2 Å². The summed E-state index contributed by atoms with van der Waals surface area (Å²) in [4.78, 5) is 2.00. The first-order chi connectivity index (χ1) is 12.5. The van der Waals surface area contributed by atoms with Gasteiger partial charge >= 0.3 is 0 Å². The van der Waals surface area contributed by atoms with Crippen molar-refractivity contribution in [1.82, 2.24) is 0 Å². The molecule has 2 aromatic carbocycles. The zero-order valence-corrected chi connectivity index (χ0v) is 15.6. The van der Waals surface area contributed by atoms with Crippen LogP contribution in [0.15, 0.2) is 30.3 Å². The molecule has 0 bridgehead atoms. The number of anilines is 1. The van der Waals surface area contributed by atoms with E-state index in [-0.39, 0.29) is 29.4 Å². The lowest BCUT2D eigenvalue weighted by Crippen LogP contribution is -2.18. The van der Waals surface area contributed by atoms with Crippen molar-refractivity contribution >= 4 is 5.69 Å². The summed E-state index contributed by atoms with van der Waals surface area (Å²) < 4.78 is 0. The third-order valence-electron chi connectivity index (χ3n) is 4.65. The molecule has 4 N–H and O–H groups in total. The number of rotatable bonds is 9. The van der Waals surface area contributed by atoms with Gasteiger partial charge in [0.1, 0.15) is 17.2 Å². The Labute approximate surface area is 155 Å². The Hall–Kier alpha value is -2.40. The fraction of sp³-hybridized carbons (Fsp3) is 0.429. The van der Waals surface area contributed by atoms with Crippen molar-refractivity contribution in [1.29, 1.82) is 0 Å². The van der Waals surface area contributed by atoms with Crippen LogP contribution in [0.25, 0.3) is 11.1 Å². The summed E-state index contributed by atoms with van der Waals surface area (Å²) in [7, 11) is 1.93. The molecule has 0 saturated carbocycles. The number of hydrogen-bond donors (Lipinski definition) is 4. The molecular formula is C21H29NO4. The summed E-state index contributed by atoms with van der Waals surface area (Å²) >= 11 is 0. The third-order valence-corrected chi connectivity index (χ3v) is 4.65. The van der Waals surface area contributed by atoms with E-state index in [0.29, 0.717) is 11.1 Å². The Bertz CT molecular complexity index is 707. The molecule has 0 saturated heterocycles. The van der Waals surface area contributed by atoms with Crippen molar-refractivity contribution in [3.63, 3.8) is 0 Å². The maximum atomic E-state index is 10.5. The second kappa shape index (κ2) is 9.34. The molecule has 0 aliphatic rings. The van der Waals surface area contributed by atoms with E-state index in [1.165, 1.54) is 31.4 Å². The monoisotopic (exact) mass is 359 g/mol. The van der Waals surface area contributed by atoms with Crippen LogP contribution in [0.3, 0.4) is 0 Å². The highest BCUT2D eigenvalue weighted by Crippen LogP contribution is 2.43. The van der Waals surface area contributed by atoms with Crippen molar-refractivity contribution in [2.75, 3.05) is 18.5 Å². The van der Waals surface area contributed by atoms with E-state index < -0.39 is 0 Å². The fourth-order valence-corrected chi connectivity index (χ4v) is 3.11. The highest BCUT2D eigenvalue weighted by Gasteiger charge is 2.17. The standard InChI is InChI=1S/C21H29NO4/c1-3-4-5-6-7-10-22(2)16-11-19(25)21(20(26)12-16)18-13-17(24)9-8-15(18)14-23/h8-9,11-13,23-26H,3-7,10,14H2,1-2H3. The van der Waals surface area contributed by atoms with Gasteiger partial charge in [-0.05, 0) is 29.7 Å². The largest absolute Gasteiger partial charge is 0.508 e. The highest BCUT2D eigenvalue weighted by molar-refractivity contribution is 5.82. The summed E-state index contributed by atoms with van der Waals surface area (Å²) in [5.41, 5.74) is 1.87. The van der Waals surface area contributed by atoms with E-state index in [0.717, 1.165) is 25.1 Å². The molecule has 5 heteroatoms. The molecule has 0 aliphatic carbocycles. The molecule has 0 atom stereocenters. The Kier molecular flexibility index (Phi) is 7.16. The maximum absolute atomic E-state index is 10.5. The van der Waals surface area contributed by atoms with Crippen molar-refractivity contribution in [2.45, 2.75) is 45.6 Å². The summed E-state index contributed by atoms with van der Waals surface area (Å²) in [5, 5.41) is 40.2. The van der Waals surface area contributed by atoms with E-state index in [1.54, 1.807) is 18.2 Å². The minimum atomic E-state index is -0.256. The predicted molar refractivity (Wildman–Crippen MR) is 105 cm³/mol. The molecule has 0 unspecified atom stereocenters. The number of hydrogen-bond acceptors (Lipinski definition) is 5. The second-order valence-electron chi connectivity index (χ2n) is 6.69. The van der Waals surface area contributed by atoms with Gasteiger partial charge in [-0.3, -0.25) is 0 Å². The molecular weight excluding hydrogens is 330 g/mol. The normalized spacial score (nSPS) is 10.9. The minimum absolute atomic E-state index is 0.00396. The van der Waals surface area contributed by atoms with Crippen LogP contribution in [0, 0.1) is 0 Å². The molecule has 26 heavy (non-hydrogen) atoms. The quantitative estimate of drug-likeness (QED) is 0.500. The van der Waals surface area contributed by atoms with Crippen LogP contribution in [-0.2, 0) is 6.61 Å². The Balaban J connectivity index is 2.22. The van der Waals surface area contributed by atoms with Gasteiger partial charge in [0.15, 0.2) is 0 Å². The number of benzene rings is 2. The predicted octanol–water partition coefficient (Wildman–Crippen LogP) is 4.37. The fourth-order valence-electron chi connectivity index (χ4n) is 3.11. The number of aromatic hydroxyl groups is 3. The Morgan fingerprint density at radius 3 is 2.15 bits per heavy atom. The van der Waals surface area contributed by atoms with Gasteiger partial charge in [-0.2, -0.15) is 0 Å². The van der Waals surface area contributed by atoms with Crippen LogP contribution in [0.2, 0.25) is 0 Å². The average Bonchev–Trinajstić information content (AvgIpc) is 2.61. The van der Waals surface area contributed by atoms with Crippen LogP contribution in [0.5, 0.6) is 17.2 Å². The van der Waals surface area contributed by atoms with Crippen LogP contribution in [-0.4, -0.2) is 34.0 Å². The van der Waals surface area contributed by atoms with E-state index in [9.17, 15) is 20.4 Å². The van der Waals surface area contributed by atoms with Crippen molar-refractivity contribution in [3.8, 4) is 28.4 Å². The molecule has 0 amide bonds. The number of nitrogens with zero attached hydrogens (tertiary/aromatic N) is 1. The third kappa shape index (κ3) is 4.82. The van der Waals surface area contributed by atoms with Gasteiger partial charge in [0.05, 0.1) is 12.2 Å². The molecule has 142 valence electrons. The summed E-state index contributed by atoms with van der Waals surface area (Å²) in [6.45, 7) is 2.78. The first-order valence-electron chi connectivity index (χ1n) is 9.18. The molecule has 0 radical (unpaired) electrons. The molecule has 0 aliphatic heterocycles. The van der Waals surface area contributed by atoms with Crippen molar-refractivity contribution in [2.24, 2.45) is 0 Å². The SMILES string of the molecule is CCCCCCCN(C)c1cc(O)c(-c2cc(O)ccc2CO)c(O)c1. The van der Waals surface area contributed by atoms with Crippen molar-refractivity contribution < 1.29 is 20.4 Å². The maximum Gasteiger partial charge on any atom is 0.129 e. The number of aliphatic hydroxyl groups is 1. The Morgan fingerprint density at radius 2 is 1.54 bits per heavy atom. The number of phenolic OH excluding ortho intramolecular Hbond substituents is 3. The highest BCUT2D eigenvalue weighted by atomic mass is 16.3. The summed E-state index contributed by atoms with van der Waals surface area (Å²) in [6, 6.07) is 7.67. The van der Waals surface area contributed by atoms with E-state index >= 15 is 0 Å². The smallest absolute Gasteiger partial charge is 0.129 e. The lowest BCUT2D eigenvalue weighted by Gasteiger charge is -2.21. The summed E-state index contributed by atoms with van der Waals surface area (Å²) in [5.74, 6) is -0.166. The van der Waals surface area contributed by atoms with Gasteiger partial charge in [0.2, 0.25) is 0 Å². The lowest BCUT2D eigenvalue weighted by molar-refractivity contribution is 0.282. The Morgan fingerprint density at radius 1 is 0.885 bits per heavy atom. The first kappa shape index (κ1) is 19.9. The first-order valence-corrected chi connectivity index (χ1v) is 9.18. The molecule has 2 rings (SSSR count). The number of phenols is 3. The zero-order valence-electron chi connectivity index (χ0n) is 15.6. The van der Waals surface area contributed by atoms with Gasteiger partial charge in [0, 0.05) is 31.4 Å². The number of unbranched alkanes of at least 4 members (excludes halogenated alkanes) is 4. The average molecular weight is 359 g/mol.